The summed E-state index contributed by atoms with van der Waals surface area (Å²) in [5.74, 6) is -1.38. The van der Waals surface area contributed by atoms with Crippen LogP contribution < -0.4 is 9.80 Å². The van der Waals surface area contributed by atoms with Crippen LogP contribution in [-0.2, 0) is 20.2 Å². The summed E-state index contributed by atoms with van der Waals surface area (Å²) in [5, 5.41) is 0.891. The van der Waals surface area contributed by atoms with E-state index in [9.17, 15) is 25.9 Å². The van der Waals surface area contributed by atoms with Crippen LogP contribution in [0.4, 0.5) is 11.4 Å². The summed E-state index contributed by atoms with van der Waals surface area (Å²) in [6, 6.07) is 15.9. The molecule has 3 heterocycles. The van der Waals surface area contributed by atoms with Crippen LogP contribution in [0.2, 0.25) is 10.0 Å². The van der Waals surface area contributed by atoms with Crippen molar-refractivity contribution in [1.82, 2.24) is 4.98 Å². The minimum atomic E-state index is -4.57. The van der Waals surface area contributed by atoms with Crippen molar-refractivity contribution in [3.05, 3.63) is 99.8 Å². The van der Waals surface area contributed by atoms with Crippen molar-refractivity contribution in [2.45, 2.75) is 28.5 Å². The molecule has 0 bridgehead atoms. The lowest BCUT2D eigenvalue weighted by atomic mass is 10.1. The highest BCUT2D eigenvalue weighted by molar-refractivity contribution is 8.03. The summed E-state index contributed by atoms with van der Waals surface area (Å²) < 4.78 is 67.8. The third kappa shape index (κ3) is 8.88. The van der Waals surface area contributed by atoms with Crippen molar-refractivity contribution in [3.8, 4) is 0 Å². The Labute approximate surface area is 257 Å². The van der Waals surface area contributed by atoms with E-state index in [1.165, 1.54) is 33.3 Å². The summed E-state index contributed by atoms with van der Waals surface area (Å²) in [6.07, 6.45) is 7.65. The molecule has 0 radical (unpaired) electrons. The maximum absolute atomic E-state index is 11.7. The van der Waals surface area contributed by atoms with E-state index in [-0.39, 0.29) is 0 Å². The molecule has 2 aliphatic rings. The number of thioether (sulfide) groups is 2. The third-order valence-electron chi connectivity index (χ3n) is 5.71. The Bertz CT molecular complexity index is 1660. The number of hydrogen-bond acceptors (Lipinski definition) is 10. The average Bonchev–Trinajstić information content (AvgIpc) is 3.39. The Balaban J connectivity index is 0.000000572. The molecule has 1 atom stereocenters. The normalized spacial score (nSPS) is 17.7. The van der Waals surface area contributed by atoms with E-state index in [1.54, 1.807) is 54.9 Å². The van der Waals surface area contributed by atoms with Crippen LogP contribution in [0.3, 0.4) is 0 Å². The van der Waals surface area contributed by atoms with Crippen LogP contribution >= 0.6 is 46.7 Å². The Morgan fingerprint density at radius 2 is 1.63 bits per heavy atom. The van der Waals surface area contributed by atoms with Gasteiger partial charge in [-0.2, -0.15) is 8.42 Å². The summed E-state index contributed by atoms with van der Waals surface area (Å²) in [4.78, 5) is 8.28. The van der Waals surface area contributed by atoms with E-state index < -0.39 is 37.4 Å². The minimum Gasteiger partial charge on any atom is -0.747 e. The van der Waals surface area contributed by atoms with Gasteiger partial charge in [0.1, 0.15) is 16.0 Å². The molecule has 1 unspecified atom stereocenters. The Morgan fingerprint density at radius 1 is 1.00 bits per heavy atom. The molecule has 0 amide bonds. The van der Waals surface area contributed by atoms with E-state index in [4.69, 9.17) is 23.2 Å². The van der Waals surface area contributed by atoms with Crippen molar-refractivity contribution in [2.75, 3.05) is 21.6 Å². The highest BCUT2D eigenvalue weighted by atomic mass is 35.5. The molecule has 0 aliphatic carbocycles. The van der Waals surface area contributed by atoms with Gasteiger partial charge < -0.3 is 14.4 Å². The van der Waals surface area contributed by atoms with Gasteiger partial charge >= 0.3 is 0 Å². The maximum atomic E-state index is 11.7. The molecule has 2 aromatic carbocycles. The highest BCUT2D eigenvalue weighted by Gasteiger charge is 2.32. The third-order valence-corrected chi connectivity index (χ3v) is 9.70. The minimum absolute atomic E-state index is 0.416. The van der Waals surface area contributed by atoms with Gasteiger partial charge in [0.25, 0.3) is 10.1 Å². The molecule has 0 saturated carbocycles. The molecule has 3 aromatic rings. The molecular weight excluding hydrogens is 649 g/mol. The Kier molecular flexibility index (Phi) is 10.3. The van der Waals surface area contributed by atoms with Gasteiger partial charge in [0.05, 0.1) is 21.8 Å². The molecule has 218 valence electrons. The molecule has 41 heavy (non-hydrogen) atoms. The number of pyridine rings is 1. The van der Waals surface area contributed by atoms with E-state index >= 15 is 0 Å². The summed E-state index contributed by atoms with van der Waals surface area (Å²) in [7, 11) is -8.92. The zero-order valence-corrected chi connectivity index (χ0v) is 26.2. The van der Waals surface area contributed by atoms with Gasteiger partial charge in [0.2, 0.25) is 0 Å². The molecule has 1 N–H and O–H groups in total. The molecule has 0 saturated heterocycles. The molecule has 0 spiro atoms. The van der Waals surface area contributed by atoms with Crippen molar-refractivity contribution in [3.63, 3.8) is 0 Å². The first kappa shape index (κ1) is 31.7. The second-order valence-corrected chi connectivity index (χ2v) is 14.6. The predicted octanol–water partition coefficient (Wildman–Crippen LogP) is 6.45. The fourth-order valence-corrected chi connectivity index (χ4v) is 8.12. The number of halogens is 2. The molecule has 9 nitrogen and oxygen atoms in total. The van der Waals surface area contributed by atoms with Gasteiger partial charge in [-0.3, -0.25) is 9.54 Å². The Morgan fingerprint density at radius 3 is 2.17 bits per heavy atom. The number of benzene rings is 2. The van der Waals surface area contributed by atoms with E-state index in [0.29, 0.717) is 32.9 Å². The number of allylic oxidation sites excluding steroid dienone is 2. The second-order valence-electron chi connectivity index (χ2n) is 8.73. The number of rotatable bonds is 7. The van der Waals surface area contributed by atoms with E-state index in [0.717, 1.165) is 15.4 Å². The van der Waals surface area contributed by atoms with Crippen molar-refractivity contribution >= 4 is 78.3 Å². The van der Waals surface area contributed by atoms with Crippen LogP contribution in [-0.4, -0.2) is 48.1 Å². The summed E-state index contributed by atoms with van der Waals surface area (Å²) >= 11 is 14.9. The molecule has 15 heteroatoms. The number of nitrogens with zero attached hydrogens (tertiary/aromatic N) is 3. The van der Waals surface area contributed by atoms with Crippen LogP contribution in [0.25, 0.3) is 0 Å². The van der Waals surface area contributed by atoms with Gasteiger partial charge in [0.15, 0.2) is 5.88 Å². The lowest BCUT2D eigenvalue weighted by Crippen LogP contribution is -2.33. The second kappa shape index (κ2) is 13.4. The van der Waals surface area contributed by atoms with Gasteiger partial charge in [-0.15, -0.1) is 0 Å². The number of fused-ring (bicyclic) bond motifs is 2. The maximum Gasteiger partial charge on any atom is 0.283 e. The first-order chi connectivity index (χ1) is 19.3. The highest BCUT2D eigenvalue weighted by Crippen LogP contribution is 2.49. The standard InChI is InChI=1S/C21H20Cl2N2O6S4.C5H5N/c1-2-13(7-20-24(11-34(26,27)28)16-9-14(22)3-5-18(16)32-20)8-21-25(12-35(29,30)31)17-10-15(23)4-6-19(17)33-21;1-2-4-6-5-3-1/h3-10,20H,2,11-12H2,1H3,(H,26,27,28)(H,29,30,31);1-5H/p-1. The topological polar surface area (TPSA) is 131 Å². The Hall–Kier alpha value is -2.23. The van der Waals surface area contributed by atoms with Gasteiger partial charge in [-0.05, 0) is 72.7 Å². The largest absolute Gasteiger partial charge is 0.747 e. The quantitative estimate of drug-likeness (QED) is 0.278. The van der Waals surface area contributed by atoms with Crippen LogP contribution in [0.5, 0.6) is 0 Å². The van der Waals surface area contributed by atoms with E-state index in [1.807, 2.05) is 31.2 Å². The molecule has 2 aliphatic heterocycles. The smallest absolute Gasteiger partial charge is 0.283 e. The molecular formula is C26H24Cl2N3O6S4-. The van der Waals surface area contributed by atoms with Crippen LogP contribution in [0.15, 0.2) is 99.5 Å². The van der Waals surface area contributed by atoms with Crippen molar-refractivity contribution < 1.29 is 25.9 Å². The fourth-order valence-electron chi connectivity index (χ4n) is 3.98. The predicted molar refractivity (Wildman–Crippen MR) is 165 cm³/mol. The average molecular weight is 674 g/mol. The molecule has 5 rings (SSSR count). The van der Waals surface area contributed by atoms with Gasteiger partial charge in [0, 0.05) is 32.2 Å². The monoisotopic (exact) mass is 672 g/mol. The lowest BCUT2D eigenvalue weighted by Gasteiger charge is -2.26. The summed E-state index contributed by atoms with van der Waals surface area (Å²) in [6.45, 7) is 1.90. The van der Waals surface area contributed by atoms with Crippen LogP contribution in [0.1, 0.15) is 13.3 Å². The number of anilines is 2. The zero-order chi connectivity index (χ0) is 29.8. The lowest BCUT2D eigenvalue weighted by molar-refractivity contribution is 0.461. The van der Waals surface area contributed by atoms with E-state index in [2.05, 4.69) is 4.98 Å². The first-order valence-electron chi connectivity index (χ1n) is 12.0. The zero-order valence-electron chi connectivity index (χ0n) is 21.4. The SMILES string of the molecule is CCC(=CC1Sc2ccc(Cl)cc2N1CS(=O)(=O)[O-])C=C1Sc2ccc(Cl)cc2N1CS(=O)(=O)O.c1ccncc1. The molecule has 1 aromatic heterocycles. The summed E-state index contributed by atoms with van der Waals surface area (Å²) in [5.41, 5.74) is 1.88. The van der Waals surface area contributed by atoms with Crippen molar-refractivity contribution in [2.24, 2.45) is 0 Å². The number of hydrogen-bond donors (Lipinski definition) is 1. The number of aromatic nitrogens is 1. The van der Waals surface area contributed by atoms with Gasteiger partial charge in [-0.25, -0.2) is 8.42 Å². The van der Waals surface area contributed by atoms with Gasteiger partial charge in [-0.1, -0.05) is 59.7 Å². The molecule has 0 fully saturated rings. The van der Waals surface area contributed by atoms with Crippen LogP contribution in [0, 0.1) is 0 Å². The first-order valence-corrected chi connectivity index (χ1v) is 17.6. The fraction of sp³-hybridized carbons (Fsp3) is 0.192. The van der Waals surface area contributed by atoms with Crippen molar-refractivity contribution in [1.29, 1.82) is 0 Å².